The Labute approximate surface area is 179 Å². The van der Waals surface area contributed by atoms with E-state index in [4.69, 9.17) is 10.9 Å². The molecule has 6 N–H and O–H groups in total. The highest BCUT2D eigenvalue weighted by Crippen LogP contribution is 2.34. The molecule has 0 bridgehead atoms. The third-order valence-electron chi connectivity index (χ3n) is 5.15. The molecule has 0 spiro atoms. The van der Waals surface area contributed by atoms with Crippen molar-refractivity contribution in [2.45, 2.75) is 56.0 Å². The van der Waals surface area contributed by atoms with Crippen molar-refractivity contribution in [3.63, 3.8) is 0 Å². The second-order valence-electron chi connectivity index (χ2n) is 7.24. The number of sulfonamides is 1. The minimum absolute atomic E-state index is 0. The van der Waals surface area contributed by atoms with Gasteiger partial charge in [0.25, 0.3) is 0 Å². The van der Waals surface area contributed by atoms with Crippen LogP contribution in [0.3, 0.4) is 0 Å². The van der Waals surface area contributed by atoms with Gasteiger partial charge in [0.05, 0.1) is 16.3 Å². The van der Waals surface area contributed by atoms with E-state index in [-0.39, 0.29) is 17.3 Å². The molecule has 160 valence electrons. The number of rotatable bonds is 8. The Morgan fingerprint density at radius 2 is 1.76 bits per heavy atom. The van der Waals surface area contributed by atoms with E-state index in [0.29, 0.717) is 31.1 Å². The maximum Gasteiger partial charge on any atom is 0.238 e. The van der Waals surface area contributed by atoms with Crippen LogP contribution in [0.5, 0.6) is 0 Å². The van der Waals surface area contributed by atoms with Gasteiger partial charge in [-0.15, -0.1) is 12.4 Å². The summed E-state index contributed by atoms with van der Waals surface area (Å²) in [5.41, 5.74) is 9.15. The van der Waals surface area contributed by atoms with Crippen molar-refractivity contribution in [1.82, 2.24) is 4.98 Å². The molecule has 0 amide bonds. The monoisotopic (exact) mass is 439 g/mol. The van der Waals surface area contributed by atoms with Crippen molar-refractivity contribution in [3.05, 3.63) is 47.8 Å². The molecule has 1 fully saturated rings. The van der Waals surface area contributed by atoms with Crippen molar-refractivity contribution in [2.75, 3.05) is 17.2 Å². The van der Waals surface area contributed by atoms with Gasteiger partial charge >= 0.3 is 0 Å². The van der Waals surface area contributed by atoms with Crippen molar-refractivity contribution in [1.29, 1.82) is 0 Å². The Bertz CT molecular complexity index is 887. The maximum absolute atomic E-state index is 12.1. The van der Waals surface area contributed by atoms with E-state index in [2.05, 4.69) is 15.6 Å². The summed E-state index contributed by atoms with van der Waals surface area (Å²) in [6, 6.07) is 7.63. The summed E-state index contributed by atoms with van der Waals surface area (Å²) in [5, 5.41) is 12.5. The predicted octanol–water partition coefficient (Wildman–Crippen LogP) is 3.01. The Balaban J connectivity index is 0.00000300. The summed E-state index contributed by atoms with van der Waals surface area (Å²) in [4.78, 5) is 4.17. The maximum atomic E-state index is 12.1. The molecule has 2 aromatic rings. The van der Waals surface area contributed by atoms with E-state index in [1.165, 1.54) is 19.3 Å². The molecule has 0 unspecified atom stereocenters. The number of aromatic nitrogens is 1. The molecular weight excluding hydrogens is 410 g/mol. The highest BCUT2D eigenvalue weighted by atomic mass is 35.5. The number of primary sulfonamides is 1. The smallest absolute Gasteiger partial charge is 0.238 e. The summed E-state index contributed by atoms with van der Waals surface area (Å²) < 4.78 is 24.3. The third-order valence-corrected chi connectivity index (χ3v) is 6.15. The standard InChI is InChI=1S/C20H29N5O2S.ClH/c21-11-8-17-19(28(22,26)27)7-6-18(25-16-4-2-1-3-5-16)20(17)24-14-15-9-12-23-13-10-15;/h6-7,9-10,12-13,16,24-25H,1-5,8,11,14,21H2,(H2,22,26,27);1H. The van der Waals surface area contributed by atoms with Crippen molar-refractivity contribution >= 4 is 33.8 Å². The molecule has 7 nitrogen and oxygen atoms in total. The van der Waals surface area contributed by atoms with Gasteiger partial charge < -0.3 is 16.4 Å². The number of nitrogens with one attached hydrogen (secondary N) is 2. The Morgan fingerprint density at radius 1 is 1.07 bits per heavy atom. The number of benzene rings is 1. The van der Waals surface area contributed by atoms with E-state index in [0.717, 1.165) is 29.8 Å². The molecule has 29 heavy (non-hydrogen) atoms. The predicted molar refractivity (Wildman–Crippen MR) is 120 cm³/mol. The first-order chi connectivity index (χ1) is 13.5. The van der Waals surface area contributed by atoms with Gasteiger partial charge in [-0.3, -0.25) is 4.98 Å². The van der Waals surface area contributed by atoms with Crippen molar-refractivity contribution in [2.24, 2.45) is 10.9 Å². The van der Waals surface area contributed by atoms with Crippen LogP contribution in [-0.4, -0.2) is 26.0 Å². The van der Waals surface area contributed by atoms with Crippen LogP contribution in [0.2, 0.25) is 0 Å². The van der Waals surface area contributed by atoms with Gasteiger partial charge in [-0.2, -0.15) is 0 Å². The fraction of sp³-hybridized carbons (Fsp3) is 0.450. The van der Waals surface area contributed by atoms with Gasteiger partial charge in [0, 0.05) is 25.0 Å². The number of hydrogen-bond acceptors (Lipinski definition) is 6. The molecule has 9 heteroatoms. The van der Waals surface area contributed by atoms with Crippen LogP contribution in [0, 0.1) is 0 Å². The van der Waals surface area contributed by atoms with E-state index in [9.17, 15) is 8.42 Å². The van der Waals surface area contributed by atoms with Gasteiger partial charge in [0.15, 0.2) is 0 Å². The van der Waals surface area contributed by atoms with E-state index in [1.54, 1.807) is 18.5 Å². The molecule has 1 aromatic carbocycles. The molecule has 1 aliphatic carbocycles. The van der Waals surface area contributed by atoms with E-state index < -0.39 is 10.0 Å². The van der Waals surface area contributed by atoms with Gasteiger partial charge in [-0.1, -0.05) is 19.3 Å². The first-order valence-corrected chi connectivity index (χ1v) is 11.3. The lowest BCUT2D eigenvalue weighted by Crippen LogP contribution is -2.24. The van der Waals surface area contributed by atoms with Crippen LogP contribution in [-0.2, 0) is 23.0 Å². The molecule has 3 rings (SSSR count). The molecule has 1 aliphatic rings. The minimum atomic E-state index is -3.84. The minimum Gasteiger partial charge on any atom is -0.381 e. The summed E-state index contributed by atoms with van der Waals surface area (Å²) >= 11 is 0. The fourth-order valence-corrected chi connectivity index (χ4v) is 4.57. The number of pyridine rings is 1. The average Bonchev–Trinajstić information content (AvgIpc) is 2.68. The quantitative estimate of drug-likeness (QED) is 0.501. The second-order valence-corrected chi connectivity index (χ2v) is 8.77. The molecule has 0 radical (unpaired) electrons. The highest BCUT2D eigenvalue weighted by Gasteiger charge is 2.22. The molecule has 1 aromatic heterocycles. The highest BCUT2D eigenvalue weighted by molar-refractivity contribution is 7.89. The lowest BCUT2D eigenvalue weighted by molar-refractivity contribution is 0.463. The normalized spacial score (nSPS) is 14.8. The first kappa shape index (κ1) is 23.4. The van der Waals surface area contributed by atoms with Gasteiger partial charge in [0.2, 0.25) is 10.0 Å². The Kier molecular flexibility index (Phi) is 8.70. The molecular formula is C20H30ClN5O2S. The topological polar surface area (TPSA) is 123 Å². The Morgan fingerprint density at radius 3 is 2.38 bits per heavy atom. The summed E-state index contributed by atoms with van der Waals surface area (Å²) in [6.07, 6.45) is 9.82. The largest absolute Gasteiger partial charge is 0.381 e. The molecule has 1 saturated carbocycles. The van der Waals surface area contributed by atoms with Crippen molar-refractivity contribution in [3.8, 4) is 0 Å². The van der Waals surface area contributed by atoms with Gasteiger partial charge in [-0.25, -0.2) is 13.6 Å². The number of nitrogens with two attached hydrogens (primary N) is 2. The summed E-state index contributed by atoms with van der Waals surface area (Å²) in [7, 11) is -3.84. The van der Waals surface area contributed by atoms with E-state index >= 15 is 0 Å². The lowest BCUT2D eigenvalue weighted by Gasteiger charge is -2.27. The first-order valence-electron chi connectivity index (χ1n) is 9.77. The zero-order valence-corrected chi connectivity index (χ0v) is 18.1. The van der Waals surface area contributed by atoms with Crippen LogP contribution in [0.15, 0.2) is 41.6 Å². The lowest BCUT2D eigenvalue weighted by atomic mass is 9.95. The number of nitrogens with zero attached hydrogens (tertiary/aromatic N) is 1. The number of hydrogen-bond donors (Lipinski definition) is 4. The average molecular weight is 440 g/mol. The van der Waals surface area contributed by atoms with Crippen LogP contribution in [0.4, 0.5) is 11.4 Å². The molecule has 0 saturated heterocycles. The van der Waals surface area contributed by atoms with Crippen LogP contribution >= 0.6 is 12.4 Å². The summed E-state index contributed by atoms with van der Waals surface area (Å²) in [6.45, 7) is 0.882. The number of anilines is 2. The van der Waals surface area contributed by atoms with Crippen LogP contribution in [0.1, 0.15) is 43.2 Å². The van der Waals surface area contributed by atoms with Gasteiger partial charge in [-0.05, 0) is 61.2 Å². The molecule has 0 atom stereocenters. The third kappa shape index (κ3) is 6.30. The van der Waals surface area contributed by atoms with Gasteiger partial charge in [0.1, 0.15) is 0 Å². The van der Waals surface area contributed by atoms with Crippen molar-refractivity contribution < 1.29 is 8.42 Å². The zero-order valence-electron chi connectivity index (χ0n) is 16.4. The summed E-state index contributed by atoms with van der Waals surface area (Å²) in [5.74, 6) is 0. The molecule has 0 aliphatic heterocycles. The van der Waals surface area contributed by atoms with E-state index in [1.807, 2.05) is 18.2 Å². The number of halogens is 1. The fourth-order valence-electron chi connectivity index (χ4n) is 3.77. The molecule has 1 heterocycles. The van der Waals surface area contributed by atoms with Crippen LogP contribution in [0.25, 0.3) is 0 Å². The second kappa shape index (κ2) is 10.8. The van der Waals surface area contributed by atoms with Crippen LogP contribution < -0.4 is 21.5 Å². The SMILES string of the molecule is Cl.NCCc1c(S(N)(=O)=O)ccc(NC2CCCCC2)c1NCc1ccncc1. The Hall–Kier alpha value is -1.87. The zero-order chi connectivity index (χ0) is 20.0.